The van der Waals surface area contributed by atoms with Crippen molar-refractivity contribution in [2.24, 2.45) is 0 Å². The van der Waals surface area contributed by atoms with Crippen molar-refractivity contribution in [3.05, 3.63) is 0 Å². The van der Waals surface area contributed by atoms with Crippen LogP contribution in [0.5, 0.6) is 0 Å². The maximum absolute atomic E-state index is 10.7. The van der Waals surface area contributed by atoms with Gasteiger partial charge in [-0.15, -0.1) is 0 Å². The Morgan fingerprint density at radius 1 is 1.45 bits per heavy atom. The van der Waals surface area contributed by atoms with Crippen LogP contribution in [0, 0.1) is 0 Å². The predicted molar refractivity (Wildman–Crippen MR) is 49.2 cm³/mol. The normalized spacial score (nSPS) is 14.6. The molecule has 0 spiro atoms. The van der Waals surface area contributed by atoms with E-state index in [2.05, 4.69) is 24.2 Å². The summed E-state index contributed by atoms with van der Waals surface area (Å²) >= 11 is 0. The minimum Gasteiger partial charge on any atom is -0.286 e. The molecule has 0 amide bonds. The Hall–Kier alpha value is 0.127. The summed E-state index contributed by atoms with van der Waals surface area (Å²) in [6.45, 7) is 6.55. The average molecular weight is 197 g/mol. The van der Waals surface area contributed by atoms with Crippen molar-refractivity contribution < 1.29 is 13.0 Å². The van der Waals surface area contributed by atoms with Gasteiger partial charge in [-0.25, -0.2) is 0 Å². The molecule has 3 nitrogen and oxygen atoms in total. The molecule has 0 aromatic heterocycles. The highest BCUT2D eigenvalue weighted by Gasteiger charge is 2.14. The SMILES string of the molecule is [2H]OS(=O)(=O)CCC[Si](C)(C)C. The van der Waals surface area contributed by atoms with Crippen LogP contribution in [0.1, 0.15) is 6.42 Å². The molecule has 0 radical (unpaired) electrons. The molecule has 0 unspecified atom stereocenters. The Balaban J connectivity index is 3.73. The third-order valence-corrected chi connectivity index (χ3v) is 3.96. The van der Waals surface area contributed by atoms with E-state index in [1.54, 1.807) is 0 Å². The van der Waals surface area contributed by atoms with E-state index in [1.165, 1.54) is 0 Å². The molecule has 0 atom stereocenters. The molecule has 0 aliphatic heterocycles. The lowest BCUT2D eigenvalue weighted by molar-refractivity contribution is 0.482. The largest absolute Gasteiger partial charge is 0.286 e. The summed E-state index contributed by atoms with van der Waals surface area (Å²) in [6.07, 6.45) is 0.608. The molecule has 0 heterocycles. The molecular formula is C6H16O3SSi. The van der Waals surface area contributed by atoms with Gasteiger partial charge < -0.3 is 0 Å². The van der Waals surface area contributed by atoms with E-state index in [0.717, 1.165) is 6.04 Å². The maximum Gasteiger partial charge on any atom is 0.264 e. The summed E-state index contributed by atoms with van der Waals surface area (Å²) in [5.41, 5.74) is 0. The first-order chi connectivity index (χ1) is 5.27. The van der Waals surface area contributed by atoms with Crippen molar-refractivity contribution in [3.63, 3.8) is 0 Å². The van der Waals surface area contributed by atoms with Crippen LogP contribution in [-0.4, -0.2) is 26.8 Å². The minimum absolute atomic E-state index is 0.0270. The predicted octanol–water partition coefficient (Wildman–Crippen LogP) is 1.60. The van der Waals surface area contributed by atoms with Gasteiger partial charge in [0.25, 0.3) is 10.1 Å². The second-order valence-corrected chi connectivity index (χ2v) is 11.1. The third-order valence-electron chi connectivity index (χ3n) is 1.32. The molecule has 0 rings (SSSR count). The van der Waals surface area contributed by atoms with E-state index in [0.29, 0.717) is 6.42 Å². The highest BCUT2D eigenvalue weighted by Crippen LogP contribution is 2.11. The fraction of sp³-hybridized carbons (Fsp3) is 1.00. The minimum atomic E-state index is -3.55. The average Bonchev–Trinajstić information content (AvgIpc) is 1.84. The lowest BCUT2D eigenvalue weighted by Gasteiger charge is -2.13. The number of rotatable bonds is 5. The topological polar surface area (TPSA) is 54.4 Å². The van der Waals surface area contributed by atoms with Crippen LogP contribution < -0.4 is 0 Å². The molecule has 0 aliphatic rings. The standard InChI is InChI=1S/C6H16O3SSi/c1-11(2,3)6-4-5-10(7,8)9/h4-6H2,1-3H3,(H,7,8,9)/i/hD. The van der Waals surface area contributed by atoms with E-state index >= 15 is 0 Å². The van der Waals surface area contributed by atoms with Crippen molar-refractivity contribution in [2.45, 2.75) is 32.1 Å². The summed E-state index contributed by atoms with van der Waals surface area (Å²) in [5.74, 6) is -0.0270. The molecule has 68 valence electrons. The second-order valence-electron chi connectivity index (χ2n) is 3.93. The Kier molecular flexibility index (Phi) is 3.09. The Labute approximate surface area is 71.1 Å². The highest BCUT2D eigenvalue weighted by atomic mass is 32.2. The van der Waals surface area contributed by atoms with Crippen molar-refractivity contribution in [2.75, 3.05) is 5.75 Å². The summed E-state index contributed by atoms with van der Waals surface area (Å²) in [6, 6.07) is 0.954. The van der Waals surface area contributed by atoms with Crippen LogP contribution in [0.3, 0.4) is 0 Å². The lowest BCUT2D eigenvalue weighted by Crippen LogP contribution is -2.20. The van der Waals surface area contributed by atoms with Crippen molar-refractivity contribution in [3.8, 4) is 0 Å². The van der Waals surface area contributed by atoms with Crippen LogP contribution in [0.2, 0.25) is 25.7 Å². The van der Waals surface area contributed by atoms with E-state index in [1.807, 2.05) is 0 Å². The third kappa shape index (κ3) is 10.1. The molecule has 0 saturated carbocycles. The van der Waals surface area contributed by atoms with Crippen molar-refractivity contribution >= 4 is 18.2 Å². The first kappa shape index (κ1) is 9.22. The molecular weight excluding hydrogens is 180 g/mol. The summed E-state index contributed by atoms with van der Waals surface area (Å²) in [7, 11) is -4.70. The summed E-state index contributed by atoms with van der Waals surface area (Å²) < 4.78 is 31.2. The van der Waals surface area contributed by atoms with Crippen LogP contribution in [0.15, 0.2) is 0 Å². The Bertz CT molecular complexity index is 219. The Morgan fingerprint density at radius 2 is 2.00 bits per heavy atom. The van der Waals surface area contributed by atoms with E-state index in [9.17, 15) is 8.42 Å². The molecule has 1 N–H and O–H groups in total. The zero-order chi connectivity index (χ0) is 9.83. The van der Waals surface area contributed by atoms with Crippen LogP contribution in [0.4, 0.5) is 0 Å². The van der Waals surface area contributed by atoms with Crippen LogP contribution in [0.25, 0.3) is 1.43 Å². The van der Waals surface area contributed by atoms with Gasteiger partial charge in [-0.1, -0.05) is 25.7 Å². The van der Waals surface area contributed by atoms with Gasteiger partial charge in [0, 0.05) is 8.07 Å². The van der Waals surface area contributed by atoms with Gasteiger partial charge in [0.15, 0.2) is 0 Å². The van der Waals surface area contributed by atoms with Crippen LogP contribution in [-0.2, 0) is 10.1 Å². The molecule has 0 bridgehead atoms. The fourth-order valence-electron chi connectivity index (χ4n) is 0.779. The Morgan fingerprint density at radius 3 is 2.36 bits per heavy atom. The molecule has 5 heteroatoms. The summed E-state index contributed by atoms with van der Waals surface area (Å²) in [5, 5.41) is 0. The molecule has 0 aromatic rings. The van der Waals surface area contributed by atoms with Gasteiger partial charge in [-0.2, -0.15) is 8.42 Å². The maximum atomic E-state index is 10.7. The van der Waals surface area contributed by atoms with Gasteiger partial charge >= 0.3 is 0 Å². The van der Waals surface area contributed by atoms with E-state index in [-0.39, 0.29) is 5.75 Å². The fourth-order valence-corrected chi connectivity index (χ4v) is 2.77. The number of hydrogen-bond donors (Lipinski definition) is 1. The number of hydrogen-bond acceptors (Lipinski definition) is 3. The van der Waals surface area contributed by atoms with Gasteiger partial charge in [-0.05, 0) is 6.42 Å². The van der Waals surface area contributed by atoms with Crippen LogP contribution >= 0.6 is 0 Å². The zero-order valence-electron chi connectivity index (χ0n) is 8.25. The van der Waals surface area contributed by atoms with Crippen molar-refractivity contribution in [1.82, 2.24) is 0 Å². The zero-order valence-corrected chi connectivity index (χ0v) is 9.07. The van der Waals surface area contributed by atoms with Gasteiger partial charge in [0.1, 0.15) is 0 Å². The van der Waals surface area contributed by atoms with Crippen molar-refractivity contribution in [1.29, 1.82) is 1.43 Å². The summed E-state index contributed by atoms with van der Waals surface area (Å²) in [4.78, 5) is 0. The molecule has 0 saturated heterocycles. The van der Waals surface area contributed by atoms with Gasteiger partial charge in [-0.3, -0.25) is 4.56 Å². The smallest absolute Gasteiger partial charge is 0.264 e. The molecule has 0 aromatic carbocycles. The highest BCUT2D eigenvalue weighted by molar-refractivity contribution is 7.85. The van der Waals surface area contributed by atoms with E-state index in [4.69, 9.17) is 1.43 Å². The van der Waals surface area contributed by atoms with Gasteiger partial charge in [0.2, 0.25) is 1.43 Å². The second kappa shape index (κ2) is 3.69. The first-order valence-corrected chi connectivity index (χ1v) is 8.93. The monoisotopic (exact) mass is 197 g/mol. The first-order valence-electron chi connectivity index (χ1n) is 4.05. The van der Waals surface area contributed by atoms with Gasteiger partial charge in [0.05, 0.1) is 5.75 Å². The molecule has 0 fully saturated rings. The quantitative estimate of drug-likeness (QED) is 0.538. The lowest BCUT2D eigenvalue weighted by atomic mass is 10.6. The van der Waals surface area contributed by atoms with E-state index < -0.39 is 18.2 Å². The molecule has 0 aliphatic carbocycles. The molecule has 11 heavy (non-hydrogen) atoms.